The normalized spacial score (nSPS) is 18.8. The molecule has 1 saturated carbocycles. The molecule has 0 bridgehead atoms. The lowest BCUT2D eigenvalue weighted by Crippen LogP contribution is -2.48. The molecule has 3 aromatic carbocycles. The van der Waals surface area contributed by atoms with Gasteiger partial charge in [-0.1, -0.05) is 79.2 Å². The number of para-hydroxylation sites is 2. The number of anilines is 2. The van der Waals surface area contributed by atoms with Crippen LogP contribution in [-0.4, -0.2) is 30.3 Å². The van der Waals surface area contributed by atoms with Crippen molar-refractivity contribution >= 4 is 29.1 Å². The van der Waals surface area contributed by atoms with E-state index in [0.29, 0.717) is 19.4 Å². The molecule has 184 valence electrons. The molecule has 36 heavy (non-hydrogen) atoms. The molecule has 0 saturated heterocycles. The lowest BCUT2D eigenvalue weighted by Gasteiger charge is -2.30. The summed E-state index contributed by atoms with van der Waals surface area (Å²) < 4.78 is 0. The molecule has 1 aliphatic heterocycles. The summed E-state index contributed by atoms with van der Waals surface area (Å²) in [7, 11) is 0. The van der Waals surface area contributed by atoms with Gasteiger partial charge < -0.3 is 15.1 Å². The summed E-state index contributed by atoms with van der Waals surface area (Å²) in [6, 6.07) is 27.2. The smallest absolute Gasteiger partial charge is 0.246 e. The predicted octanol–water partition coefficient (Wildman–Crippen LogP) is 4.48. The summed E-state index contributed by atoms with van der Waals surface area (Å²) in [6.07, 6.45) is 3.38. The van der Waals surface area contributed by atoms with E-state index in [9.17, 15) is 14.4 Å². The lowest BCUT2D eigenvalue weighted by molar-refractivity contribution is -0.126. The highest BCUT2D eigenvalue weighted by Crippen LogP contribution is 2.43. The molecular weight excluding hydrogens is 450 g/mol. The van der Waals surface area contributed by atoms with Crippen LogP contribution in [0.15, 0.2) is 84.9 Å². The molecule has 1 heterocycles. The topological polar surface area (TPSA) is 69.7 Å². The average Bonchev–Trinajstić information content (AvgIpc) is 3.37. The molecule has 3 amide bonds. The number of aryl methyl sites for hydroxylation is 1. The SMILES string of the molecule is O=C(CCc1ccccc1)NCC(=O)N1c2ccccc2N(Cc2ccccc2)C(=O)[C@H]2CCC[C@H]21. The lowest BCUT2D eigenvalue weighted by atomic mass is 10.0. The summed E-state index contributed by atoms with van der Waals surface area (Å²) in [4.78, 5) is 43.5. The Kier molecular flexibility index (Phi) is 7.12. The summed E-state index contributed by atoms with van der Waals surface area (Å²) in [5.41, 5.74) is 3.61. The molecule has 2 aliphatic rings. The quantitative estimate of drug-likeness (QED) is 0.541. The molecule has 1 fully saturated rings. The van der Waals surface area contributed by atoms with Gasteiger partial charge in [-0.15, -0.1) is 0 Å². The highest BCUT2D eigenvalue weighted by molar-refractivity contribution is 6.07. The number of nitrogens with zero attached hydrogens (tertiary/aromatic N) is 2. The molecule has 1 N–H and O–H groups in total. The van der Waals surface area contributed by atoms with Gasteiger partial charge in [0.15, 0.2) is 0 Å². The standard InChI is InChI=1S/C30H31N3O3/c34-28(19-18-22-10-3-1-4-11-22)31-20-29(35)33-25-17-9-14-24(25)30(36)32(21-23-12-5-2-6-13-23)26-15-7-8-16-27(26)33/h1-8,10-13,15-16,24-25H,9,14,17-21H2,(H,31,34)/t24-,25+/m0/s1. The van der Waals surface area contributed by atoms with Crippen LogP contribution in [-0.2, 0) is 27.3 Å². The first-order valence-electron chi connectivity index (χ1n) is 12.7. The van der Waals surface area contributed by atoms with E-state index in [4.69, 9.17) is 0 Å². The van der Waals surface area contributed by atoms with E-state index < -0.39 is 0 Å². The number of rotatable bonds is 7. The molecule has 2 atom stereocenters. The second kappa shape index (κ2) is 10.8. The highest BCUT2D eigenvalue weighted by Gasteiger charge is 2.45. The largest absolute Gasteiger partial charge is 0.347 e. The number of hydrogen-bond donors (Lipinski definition) is 1. The van der Waals surface area contributed by atoms with Crippen molar-refractivity contribution in [2.75, 3.05) is 16.3 Å². The minimum atomic E-state index is -0.251. The van der Waals surface area contributed by atoms with Gasteiger partial charge in [-0.3, -0.25) is 14.4 Å². The first-order chi connectivity index (χ1) is 17.6. The van der Waals surface area contributed by atoms with Crippen LogP contribution in [0.4, 0.5) is 11.4 Å². The van der Waals surface area contributed by atoms with Crippen LogP contribution < -0.4 is 15.1 Å². The van der Waals surface area contributed by atoms with Crippen LogP contribution in [0, 0.1) is 5.92 Å². The third kappa shape index (κ3) is 5.03. The van der Waals surface area contributed by atoms with Crippen molar-refractivity contribution in [2.24, 2.45) is 5.92 Å². The average molecular weight is 482 g/mol. The van der Waals surface area contributed by atoms with Crippen molar-refractivity contribution in [3.05, 3.63) is 96.1 Å². The maximum absolute atomic E-state index is 13.8. The first-order valence-corrected chi connectivity index (χ1v) is 12.7. The highest BCUT2D eigenvalue weighted by atomic mass is 16.2. The predicted molar refractivity (Wildman–Crippen MR) is 140 cm³/mol. The molecule has 6 heteroatoms. The number of amides is 3. The summed E-state index contributed by atoms with van der Waals surface area (Å²) >= 11 is 0. The summed E-state index contributed by atoms with van der Waals surface area (Å²) in [6.45, 7) is 0.371. The molecule has 6 nitrogen and oxygen atoms in total. The van der Waals surface area contributed by atoms with Crippen LogP contribution in [0.3, 0.4) is 0 Å². The van der Waals surface area contributed by atoms with Crippen LogP contribution in [0.5, 0.6) is 0 Å². The third-order valence-corrected chi connectivity index (χ3v) is 7.20. The van der Waals surface area contributed by atoms with E-state index in [1.807, 2.05) is 89.8 Å². The fourth-order valence-corrected chi connectivity index (χ4v) is 5.43. The van der Waals surface area contributed by atoms with Gasteiger partial charge in [0.25, 0.3) is 0 Å². The van der Waals surface area contributed by atoms with E-state index in [2.05, 4.69) is 5.32 Å². The Hall–Kier alpha value is -3.93. The van der Waals surface area contributed by atoms with E-state index in [-0.39, 0.29) is 36.2 Å². The Morgan fingerprint density at radius 1 is 0.806 bits per heavy atom. The Balaban J connectivity index is 1.36. The number of hydrogen-bond acceptors (Lipinski definition) is 3. The van der Waals surface area contributed by atoms with Gasteiger partial charge in [0.05, 0.1) is 30.4 Å². The molecular formula is C30H31N3O3. The maximum Gasteiger partial charge on any atom is 0.246 e. The van der Waals surface area contributed by atoms with Crippen LogP contribution in [0.1, 0.15) is 36.8 Å². The Morgan fingerprint density at radius 2 is 1.44 bits per heavy atom. The van der Waals surface area contributed by atoms with Crippen LogP contribution >= 0.6 is 0 Å². The molecule has 0 aromatic heterocycles. The molecule has 1 aliphatic carbocycles. The summed E-state index contributed by atoms with van der Waals surface area (Å²) in [5.74, 6) is -0.517. The summed E-state index contributed by atoms with van der Waals surface area (Å²) in [5, 5.41) is 2.81. The monoisotopic (exact) mass is 481 g/mol. The second-order valence-electron chi connectivity index (χ2n) is 9.53. The number of carbonyl (C=O) groups excluding carboxylic acids is 3. The van der Waals surface area contributed by atoms with Gasteiger partial charge in [-0.2, -0.15) is 0 Å². The van der Waals surface area contributed by atoms with Crippen molar-refractivity contribution in [1.82, 2.24) is 5.32 Å². The van der Waals surface area contributed by atoms with E-state index in [0.717, 1.165) is 41.8 Å². The molecule has 5 rings (SSSR count). The Labute approximate surface area is 211 Å². The van der Waals surface area contributed by atoms with Crippen molar-refractivity contribution in [1.29, 1.82) is 0 Å². The van der Waals surface area contributed by atoms with E-state index in [1.165, 1.54) is 0 Å². The first kappa shape index (κ1) is 23.8. The Morgan fingerprint density at radius 3 is 2.17 bits per heavy atom. The number of fused-ring (bicyclic) bond motifs is 2. The minimum absolute atomic E-state index is 0.0657. The van der Waals surface area contributed by atoms with Gasteiger partial charge in [0, 0.05) is 12.5 Å². The van der Waals surface area contributed by atoms with Gasteiger partial charge in [-0.05, 0) is 42.5 Å². The number of benzene rings is 3. The molecule has 0 radical (unpaired) electrons. The van der Waals surface area contributed by atoms with E-state index >= 15 is 0 Å². The number of nitrogens with one attached hydrogen (secondary N) is 1. The zero-order valence-corrected chi connectivity index (χ0v) is 20.3. The van der Waals surface area contributed by atoms with Crippen molar-refractivity contribution < 1.29 is 14.4 Å². The van der Waals surface area contributed by atoms with E-state index in [1.54, 1.807) is 4.90 Å². The second-order valence-corrected chi connectivity index (χ2v) is 9.53. The zero-order chi connectivity index (χ0) is 24.9. The van der Waals surface area contributed by atoms with Crippen molar-refractivity contribution in [3.8, 4) is 0 Å². The zero-order valence-electron chi connectivity index (χ0n) is 20.3. The fourth-order valence-electron chi connectivity index (χ4n) is 5.43. The molecule has 3 aromatic rings. The minimum Gasteiger partial charge on any atom is -0.347 e. The Bertz CT molecular complexity index is 1230. The van der Waals surface area contributed by atoms with Gasteiger partial charge in [-0.25, -0.2) is 0 Å². The van der Waals surface area contributed by atoms with Gasteiger partial charge >= 0.3 is 0 Å². The number of carbonyl (C=O) groups is 3. The third-order valence-electron chi connectivity index (χ3n) is 7.20. The maximum atomic E-state index is 13.8. The van der Waals surface area contributed by atoms with Gasteiger partial charge in [0.1, 0.15) is 0 Å². The van der Waals surface area contributed by atoms with Crippen LogP contribution in [0.2, 0.25) is 0 Å². The van der Waals surface area contributed by atoms with Crippen molar-refractivity contribution in [3.63, 3.8) is 0 Å². The fraction of sp³-hybridized carbons (Fsp3) is 0.300. The molecule has 0 unspecified atom stereocenters. The van der Waals surface area contributed by atoms with Gasteiger partial charge in [0.2, 0.25) is 17.7 Å². The molecule has 0 spiro atoms. The van der Waals surface area contributed by atoms with Crippen molar-refractivity contribution in [2.45, 2.75) is 44.7 Å². The van der Waals surface area contributed by atoms with Crippen LogP contribution in [0.25, 0.3) is 0 Å².